The largest absolute Gasteiger partial charge is 0.309 e. The minimum atomic E-state index is 0.902. The first-order valence-electron chi connectivity index (χ1n) is 17.7. The van der Waals surface area contributed by atoms with E-state index in [0.717, 1.165) is 39.5 Å². The molecule has 0 fully saturated rings. The quantitative estimate of drug-likeness (QED) is 0.189. The summed E-state index contributed by atoms with van der Waals surface area (Å²) in [5.74, 6) is 0.902. The van der Waals surface area contributed by atoms with Gasteiger partial charge in [0, 0.05) is 44.4 Å². The van der Waals surface area contributed by atoms with Crippen LogP contribution in [0.5, 0.6) is 0 Å². The van der Waals surface area contributed by atoms with Gasteiger partial charge in [0.1, 0.15) is 11.5 Å². The van der Waals surface area contributed by atoms with Crippen molar-refractivity contribution in [2.75, 3.05) is 0 Å². The number of aromatic nitrogens is 4. The average molecular weight is 661 g/mol. The molecule has 11 aromatic rings. The van der Waals surface area contributed by atoms with Gasteiger partial charge in [-0.25, -0.2) is 4.98 Å². The highest BCUT2D eigenvalue weighted by Crippen LogP contribution is 2.46. The number of nitrogens with zero attached hydrogens (tertiary/aromatic N) is 4. The number of fused-ring (bicyclic) bond motifs is 10. The third kappa shape index (κ3) is 3.75. The first-order chi connectivity index (χ1) is 25.8. The first kappa shape index (κ1) is 27.7. The SMILES string of the molecule is c1ccc(-n2c3ccc(-c4ccc5c(c4)c4ccccc4n5-c4cc5cccc6c5c(n4)-c4ncccc4-6)cc3c3cc4ccccc4cc32)cc1. The molecule has 7 aromatic carbocycles. The normalized spacial score (nSPS) is 12.2. The Balaban J connectivity index is 1.08. The van der Waals surface area contributed by atoms with E-state index in [1.54, 1.807) is 0 Å². The van der Waals surface area contributed by atoms with Crippen LogP contribution in [0.2, 0.25) is 0 Å². The van der Waals surface area contributed by atoms with Crippen LogP contribution < -0.4 is 0 Å². The standard InChI is InChI=1S/C48H28N4/c1-2-13-34(14-3-1)51-42-21-19-32(26-39(42)40-24-29-10-4-5-11-30(29)27-44(40)51)31-20-22-43-38(25-31)35-15-6-7-18-41(35)52(43)45-28-33-12-8-16-36-37-17-9-23-49-47(37)48(50-45)46(33)36/h1-28H. The highest BCUT2D eigenvalue weighted by Gasteiger charge is 2.25. The van der Waals surface area contributed by atoms with Crippen molar-refractivity contribution in [1.29, 1.82) is 0 Å². The van der Waals surface area contributed by atoms with E-state index in [-0.39, 0.29) is 0 Å². The van der Waals surface area contributed by atoms with Gasteiger partial charge in [-0.3, -0.25) is 9.55 Å². The Morgan fingerprint density at radius 2 is 1.04 bits per heavy atom. The summed E-state index contributed by atoms with van der Waals surface area (Å²) >= 11 is 0. The van der Waals surface area contributed by atoms with Gasteiger partial charge in [0.25, 0.3) is 0 Å². The Kier molecular flexibility index (Phi) is 5.47. The minimum Gasteiger partial charge on any atom is -0.309 e. The molecule has 0 radical (unpaired) electrons. The zero-order valence-corrected chi connectivity index (χ0v) is 28.0. The van der Waals surface area contributed by atoms with Gasteiger partial charge in [0.15, 0.2) is 0 Å². The highest BCUT2D eigenvalue weighted by atomic mass is 15.1. The third-order valence-corrected chi connectivity index (χ3v) is 11.0. The zero-order chi connectivity index (χ0) is 33.9. The highest BCUT2D eigenvalue weighted by molar-refractivity contribution is 6.16. The van der Waals surface area contributed by atoms with Crippen molar-refractivity contribution in [3.63, 3.8) is 0 Å². The molecule has 4 nitrogen and oxygen atoms in total. The van der Waals surface area contributed by atoms with Gasteiger partial charge in [0.2, 0.25) is 0 Å². The van der Waals surface area contributed by atoms with E-state index < -0.39 is 0 Å². The molecule has 0 saturated carbocycles. The van der Waals surface area contributed by atoms with E-state index in [9.17, 15) is 0 Å². The second kappa shape index (κ2) is 10.3. The van der Waals surface area contributed by atoms with Crippen LogP contribution in [0.25, 0.3) is 110 Å². The van der Waals surface area contributed by atoms with Crippen molar-refractivity contribution < 1.29 is 0 Å². The van der Waals surface area contributed by atoms with E-state index in [2.05, 4.69) is 167 Å². The molecule has 0 saturated heterocycles. The molecule has 0 spiro atoms. The van der Waals surface area contributed by atoms with Crippen molar-refractivity contribution in [2.45, 2.75) is 0 Å². The van der Waals surface area contributed by atoms with Gasteiger partial charge in [-0.2, -0.15) is 0 Å². The lowest BCUT2D eigenvalue weighted by Gasteiger charge is -2.11. The predicted molar refractivity (Wildman–Crippen MR) is 216 cm³/mol. The number of pyridine rings is 2. The fourth-order valence-corrected chi connectivity index (χ4v) is 8.76. The van der Waals surface area contributed by atoms with Gasteiger partial charge < -0.3 is 4.57 Å². The molecule has 12 rings (SSSR count). The molecule has 4 heterocycles. The molecular formula is C48H28N4. The predicted octanol–water partition coefficient (Wildman–Crippen LogP) is 12.3. The maximum Gasteiger partial charge on any atom is 0.139 e. The molecule has 240 valence electrons. The Labute approximate surface area is 298 Å². The molecule has 0 N–H and O–H groups in total. The first-order valence-corrected chi connectivity index (χ1v) is 17.7. The molecule has 0 bridgehead atoms. The van der Waals surface area contributed by atoms with Crippen LogP contribution in [0.3, 0.4) is 0 Å². The molecule has 1 aliphatic carbocycles. The maximum atomic E-state index is 5.35. The Morgan fingerprint density at radius 1 is 0.385 bits per heavy atom. The second-order valence-corrected chi connectivity index (χ2v) is 13.8. The van der Waals surface area contributed by atoms with E-state index in [0.29, 0.717) is 0 Å². The molecule has 1 aliphatic rings. The maximum absolute atomic E-state index is 5.35. The molecular weight excluding hydrogens is 633 g/mol. The van der Waals surface area contributed by atoms with E-state index in [1.807, 2.05) is 12.3 Å². The number of para-hydroxylation sites is 2. The lowest BCUT2D eigenvalue weighted by molar-refractivity contribution is 1.09. The second-order valence-electron chi connectivity index (χ2n) is 13.8. The van der Waals surface area contributed by atoms with Crippen molar-refractivity contribution in [3.8, 4) is 45.1 Å². The Morgan fingerprint density at radius 3 is 1.88 bits per heavy atom. The summed E-state index contributed by atoms with van der Waals surface area (Å²) in [6, 6.07) is 59.5. The van der Waals surface area contributed by atoms with Gasteiger partial charge in [0.05, 0.1) is 27.8 Å². The number of hydrogen-bond donors (Lipinski definition) is 0. The lowest BCUT2D eigenvalue weighted by Crippen LogP contribution is -1.99. The fourth-order valence-electron chi connectivity index (χ4n) is 8.76. The van der Waals surface area contributed by atoms with Crippen LogP contribution >= 0.6 is 0 Å². The summed E-state index contributed by atoms with van der Waals surface area (Å²) in [7, 11) is 0. The summed E-state index contributed by atoms with van der Waals surface area (Å²) in [5, 5.41) is 9.76. The lowest BCUT2D eigenvalue weighted by atomic mass is 10.00. The van der Waals surface area contributed by atoms with Gasteiger partial charge in [-0.05, 0) is 99.6 Å². The van der Waals surface area contributed by atoms with Crippen molar-refractivity contribution in [3.05, 3.63) is 170 Å². The summed E-state index contributed by atoms with van der Waals surface area (Å²) in [5.41, 5.74) is 12.5. The minimum absolute atomic E-state index is 0.902. The molecule has 0 unspecified atom stereocenters. The van der Waals surface area contributed by atoms with Gasteiger partial charge in [-0.15, -0.1) is 0 Å². The van der Waals surface area contributed by atoms with Crippen LogP contribution in [0.4, 0.5) is 0 Å². The number of rotatable bonds is 3. The van der Waals surface area contributed by atoms with Gasteiger partial charge >= 0.3 is 0 Å². The van der Waals surface area contributed by atoms with Crippen molar-refractivity contribution >= 4 is 65.2 Å². The van der Waals surface area contributed by atoms with Crippen LogP contribution in [-0.2, 0) is 0 Å². The smallest absolute Gasteiger partial charge is 0.139 e. The fraction of sp³-hybridized carbons (Fsp3) is 0. The van der Waals surface area contributed by atoms with Crippen molar-refractivity contribution in [1.82, 2.24) is 19.1 Å². The zero-order valence-electron chi connectivity index (χ0n) is 28.0. The summed E-state index contributed by atoms with van der Waals surface area (Å²) in [6.07, 6.45) is 1.87. The molecule has 0 aliphatic heterocycles. The average Bonchev–Trinajstić information content (AvgIpc) is 3.83. The third-order valence-electron chi connectivity index (χ3n) is 11.0. The number of benzene rings is 7. The van der Waals surface area contributed by atoms with Crippen LogP contribution in [-0.4, -0.2) is 19.1 Å². The monoisotopic (exact) mass is 660 g/mol. The van der Waals surface area contributed by atoms with Crippen molar-refractivity contribution in [2.24, 2.45) is 0 Å². The van der Waals surface area contributed by atoms with Crippen LogP contribution in [0, 0.1) is 0 Å². The summed E-state index contributed by atoms with van der Waals surface area (Å²) in [4.78, 5) is 10.1. The summed E-state index contributed by atoms with van der Waals surface area (Å²) in [6.45, 7) is 0. The van der Waals surface area contributed by atoms with Crippen LogP contribution in [0.1, 0.15) is 0 Å². The van der Waals surface area contributed by atoms with E-state index in [4.69, 9.17) is 9.97 Å². The molecule has 0 amide bonds. The van der Waals surface area contributed by atoms with Gasteiger partial charge in [-0.1, -0.05) is 97.1 Å². The molecule has 0 atom stereocenters. The molecule has 52 heavy (non-hydrogen) atoms. The Hall–Kier alpha value is -7.04. The summed E-state index contributed by atoms with van der Waals surface area (Å²) < 4.78 is 4.72. The number of hydrogen-bond acceptors (Lipinski definition) is 2. The Bertz CT molecular complexity index is 3290. The topological polar surface area (TPSA) is 35.6 Å². The van der Waals surface area contributed by atoms with Crippen LogP contribution in [0.15, 0.2) is 170 Å². The van der Waals surface area contributed by atoms with E-state index >= 15 is 0 Å². The van der Waals surface area contributed by atoms with E-state index in [1.165, 1.54) is 70.8 Å². The molecule has 4 heteroatoms. The molecule has 4 aromatic heterocycles.